The molecule has 0 aliphatic carbocycles. The molecule has 1 aliphatic rings. The van der Waals surface area contributed by atoms with E-state index in [4.69, 9.17) is 16.3 Å². The number of hydrogen-bond donors (Lipinski definition) is 0. The van der Waals surface area contributed by atoms with Crippen molar-refractivity contribution in [2.24, 2.45) is 0 Å². The summed E-state index contributed by atoms with van der Waals surface area (Å²) in [5, 5.41) is 0.765. The molecule has 0 spiro atoms. The van der Waals surface area contributed by atoms with E-state index in [1.165, 1.54) is 22.4 Å². The average Bonchev–Trinajstić information content (AvgIpc) is 2.68. The first-order valence-electron chi connectivity index (χ1n) is 8.50. The van der Waals surface area contributed by atoms with Gasteiger partial charge in [0.2, 0.25) is 0 Å². The summed E-state index contributed by atoms with van der Waals surface area (Å²) in [6, 6.07) is 25.4. The van der Waals surface area contributed by atoms with E-state index >= 15 is 0 Å². The van der Waals surface area contributed by atoms with E-state index in [0.29, 0.717) is 0 Å². The van der Waals surface area contributed by atoms with Gasteiger partial charge in [0.1, 0.15) is 5.75 Å². The van der Waals surface area contributed by atoms with Crippen LogP contribution in [0.4, 0.5) is 5.69 Å². The van der Waals surface area contributed by atoms with Gasteiger partial charge in [-0.2, -0.15) is 0 Å². The molecule has 0 amide bonds. The SMILES string of the molecule is COc1ccc2c(c1)CCN(c1ccccc1)[C@@H]2c1ccc(Cl)cc1. The lowest BCUT2D eigenvalue weighted by Gasteiger charge is -2.39. The first kappa shape index (κ1) is 16.0. The standard InChI is InChI=1S/C22H20ClNO/c1-25-20-11-12-21-17(15-20)13-14-24(19-5-3-2-4-6-19)22(21)16-7-9-18(23)10-8-16/h2-12,15,22H,13-14H2,1H3/t22-/m1/s1. The molecule has 4 rings (SSSR count). The fourth-order valence-corrected chi connectivity index (χ4v) is 3.76. The average molecular weight is 350 g/mol. The summed E-state index contributed by atoms with van der Waals surface area (Å²) in [6.07, 6.45) is 1.01. The Morgan fingerprint density at radius 3 is 2.44 bits per heavy atom. The highest BCUT2D eigenvalue weighted by atomic mass is 35.5. The van der Waals surface area contributed by atoms with E-state index in [2.05, 4.69) is 65.6 Å². The maximum Gasteiger partial charge on any atom is 0.119 e. The van der Waals surface area contributed by atoms with E-state index in [1.54, 1.807) is 7.11 Å². The first-order chi connectivity index (χ1) is 12.3. The smallest absolute Gasteiger partial charge is 0.119 e. The number of para-hydroxylation sites is 1. The Bertz CT molecular complexity index is 861. The molecule has 0 radical (unpaired) electrons. The molecule has 3 aromatic carbocycles. The highest BCUT2D eigenvalue weighted by Gasteiger charge is 2.29. The summed E-state index contributed by atoms with van der Waals surface area (Å²) < 4.78 is 5.42. The van der Waals surface area contributed by atoms with Gasteiger partial charge < -0.3 is 9.64 Å². The molecular weight excluding hydrogens is 330 g/mol. The van der Waals surface area contributed by atoms with Crippen molar-refractivity contribution in [2.75, 3.05) is 18.6 Å². The van der Waals surface area contributed by atoms with Crippen molar-refractivity contribution < 1.29 is 4.74 Å². The zero-order chi connectivity index (χ0) is 17.2. The second kappa shape index (κ2) is 6.81. The molecule has 3 heteroatoms. The lowest BCUT2D eigenvalue weighted by atomic mass is 9.87. The van der Waals surface area contributed by atoms with Gasteiger partial charge in [0, 0.05) is 17.3 Å². The molecular formula is C22H20ClNO. The summed E-state index contributed by atoms with van der Waals surface area (Å²) in [4.78, 5) is 2.47. The molecule has 1 heterocycles. The summed E-state index contributed by atoms with van der Waals surface area (Å²) >= 11 is 6.11. The minimum atomic E-state index is 0.175. The van der Waals surface area contributed by atoms with E-state index in [9.17, 15) is 0 Å². The van der Waals surface area contributed by atoms with E-state index in [0.717, 1.165) is 23.7 Å². The van der Waals surface area contributed by atoms with Crippen LogP contribution in [0.5, 0.6) is 5.75 Å². The Morgan fingerprint density at radius 2 is 1.72 bits per heavy atom. The number of hydrogen-bond acceptors (Lipinski definition) is 2. The molecule has 2 nitrogen and oxygen atoms in total. The van der Waals surface area contributed by atoms with E-state index < -0.39 is 0 Å². The van der Waals surface area contributed by atoms with Gasteiger partial charge in [-0.1, -0.05) is 48.0 Å². The van der Waals surface area contributed by atoms with Gasteiger partial charge >= 0.3 is 0 Å². The molecule has 0 saturated carbocycles. The topological polar surface area (TPSA) is 12.5 Å². The Labute approximate surface area is 153 Å². The lowest BCUT2D eigenvalue weighted by molar-refractivity contribution is 0.413. The van der Waals surface area contributed by atoms with Crippen LogP contribution >= 0.6 is 11.6 Å². The van der Waals surface area contributed by atoms with Crippen molar-refractivity contribution >= 4 is 17.3 Å². The van der Waals surface area contributed by atoms with Crippen LogP contribution in [0, 0.1) is 0 Å². The summed E-state index contributed by atoms with van der Waals surface area (Å²) in [5.41, 5.74) is 5.17. The third-order valence-electron chi connectivity index (χ3n) is 4.85. The molecule has 1 atom stereocenters. The van der Waals surface area contributed by atoms with Crippen molar-refractivity contribution in [1.82, 2.24) is 0 Å². The van der Waals surface area contributed by atoms with Crippen LogP contribution in [0.25, 0.3) is 0 Å². The normalized spacial score (nSPS) is 16.4. The Morgan fingerprint density at radius 1 is 0.960 bits per heavy atom. The number of nitrogens with zero attached hydrogens (tertiary/aromatic N) is 1. The number of rotatable bonds is 3. The third-order valence-corrected chi connectivity index (χ3v) is 5.10. The maximum atomic E-state index is 6.11. The van der Waals surface area contributed by atoms with Gasteiger partial charge in [0.15, 0.2) is 0 Å². The Balaban J connectivity index is 1.84. The zero-order valence-corrected chi connectivity index (χ0v) is 14.9. The van der Waals surface area contributed by atoms with Crippen LogP contribution in [0.15, 0.2) is 72.8 Å². The van der Waals surface area contributed by atoms with Crippen LogP contribution < -0.4 is 9.64 Å². The number of halogens is 1. The number of benzene rings is 3. The van der Waals surface area contributed by atoms with Gasteiger partial charge in [-0.05, 0) is 59.5 Å². The number of fused-ring (bicyclic) bond motifs is 1. The molecule has 1 aliphatic heterocycles. The van der Waals surface area contributed by atoms with Gasteiger partial charge in [-0.3, -0.25) is 0 Å². The fourth-order valence-electron chi connectivity index (χ4n) is 3.63. The molecule has 0 unspecified atom stereocenters. The second-order valence-electron chi connectivity index (χ2n) is 6.30. The van der Waals surface area contributed by atoms with Crippen molar-refractivity contribution in [2.45, 2.75) is 12.5 Å². The predicted octanol–water partition coefficient (Wildman–Crippen LogP) is 5.50. The highest BCUT2D eigenvalue weighted by Crippen LogP contribution is 2.39. The summed E-state index contributed by atoms with van der Waals surface area (Å²) in [7, 11) is 1.72. The number of methoxy groups -OCH3 is 1. The maximum absolute atomic E-state index is 6.11. The molecule has 0 aromatic heterocycles. The Hall–Kier alpha value is -2.45. The molecule has 3 aromatic rings. The Kier molecular flexibility index (Phi) is 4.37. The highest BCUT2D eigenvalue weighted by molar-refractivity contribution is 6.30. The molecule has 0 fully saturated rings. The second-order valence-corrected chi connectivity index (χ2v) is 6.73. The quantitative estimate of drug-likeness (QED) is 0.619. The first-order valence-corrected chi connectivity index (χ1v) is 8.88. The monoisotopic (exact) mass is 349 g/mol. The minimum absolute atomic E-state index is 0.175. The number of ether oxygens (including phenoxy) is 1. The minimum Gasteiger partial charge on any atom is -0.497 e. The van der Waals surface area contributed by atoms with Gasteiger partial charge in [-0.15, -0.1) is 0 Å². The van der Waals surface area contributed by atoms with Crippen LogP contribution in [-0.2, 0) is 6.42 Å². The third kappa shape index (κ3) is 3.10. The van der Waals surface area contributed by atoms with E-state index in [1.807, 2.05) is 12.1 Å². The van der Waals surface area contributed by atoms with Crippen molar-refractivity contribution in [3.05, 3.63) is 94.5 Å². The largest absolute Gasteiger partial charge is 0.497 e. The summed E-state index contributed by atoms with van der Waals surface area (Å²) in [6.45, 7) is 0.970. The van der Waals surface area contributed by atoms with Gasteiger partial charge in [0.05, 0.1) is 13.2 Å². The molecule has 25 heavy (non-hydrogen) atoms. The molecule has 126 valence electrons. The van der Waals surface area contributed by atoms with Gasteiger partial charge in [-0.25, -0.2) is 0 Å². The van der Waals surface area contributed by atoms with Gasteiger partial charge in [0.25, 0.3) is 0 Å². The van der Waals surface area contributed by atoms with Crippen LogP contribution in [-0.4, -0.2) is 13.7 Å². The van der Waals surface area contributed by atoms with E-state index in [-0.39, 0.29) is 6.04 Å². The van der Waals surface area contributed by atoms with Crippen LogP contribution in [0.3, 0.4) is 0 Å². The zero-order valence-electron chi connectivity index (χ0n) is 14.2. The lowest BCUT2D eigenvalue weighted by Crippen LogP contribution is -2.36. The van der Waals surface area contributed by atoms with Crippen molar-refractivity contribution in [3.8, 4) is 5.75 Å². The molecule has 0 saturated heterocycles. The van der Waals surface area contributed by atoms with Crippen molar-refractivity contribution in [3.63, 3.8) is 0 Å². The van der Waals surface area contributed by atoms with Crippen LogP contribution in [0.2, 0.25) is 5.02 Å². The van der Waals surface area contributed by atoms with Crippen LogP contribution in [0.1, 0.15) is 22.7 Å². The fraction of sp³-hybridized carbons (Fsp3) is 0.182. The molecule has 0 bridgehead atoms. The van der Waals surface area contributed by atoms with Crippen molar-refractivity contribution in [1.29, 1.82) is 0 Å². The molecule has 0 N–H and O–H groups in total. The predicted molar refractivity (Wildman–Crippen MR) is 104 cm³/mol. The number of anilines is 1. The summed E-state index contributed by atoms with van der Waals surface area (Å²) in [5.74, 6) is 0.918.